The van der Waals surface area contributed by atoms with E-state index in [2.05, 4.69) is 64.1 Å². The molecular weight excluding hydrogens is 517 g/mol. The number of methoxy groups -OCH3 is 2. The van der Waals surface area contributed by atoms with Gasteiger partial charge in [0.1, 0.15) is 11.5 Å². The minimum absolute atomic E-state index is 0.163. The van der Waals surface area contributed by atoms with Crippen LogP contribution < -0.4 is 14.4 Å². The predicted octanol–water partition coefficient (Wildman–Crippen LogP) is 6.70. The first-order chi connectivity index (χ1) is 18.6. The number of aryl methyl sites for hydroxylation is 1. The first-order valence-electron chi connectivity index (χ1n) is 13.3. The molecule has 0 aliphatic carbocycles. The summed E-state index contributed by atoms with van der Waals surface area (Å²) in [6.45, 7) is 7.62. The molecule has 0 unspecified atom stereocenters. The highest BCUT2D eigenvalue weighted by molar-refractivity contribution is 6.18. The molecule has 5 nitrogen and oxygen atoms in total. The van der Waals surface area contributed by atoms with Gasteiger partial charge in [-0.15, -0.1) is 23.2 Å². The Morgan fingerprint density at radius 3 is 1.68 bits per heavy atom. The highest BCUT2D eigenvalue weighted by Crippen LogP contribution is 2.35. The summed E-state index contributed by atoms with van der Waals surface area (Å²) in [5, 5.41) is 0. The first kappa shape index (κ1) is 28.6. The van der Waals surface area contributed by atoms with Crippen LogP contribution in [-0.2, 0) is 13.1 Å². The summed E-state index contributed by atoms with van der Waals surface area (Å²) >= 11 is 12.2. The second kappa shape index (κ2) is 14.1. The number of hydrogen-bond donors (Lipinski definition) is 0. The zero-order valence-electron chi connectivity index (χ0n) is 22.7. The Kier molecular flexibility index (Phi) is 10.6. The third-order valence-electron chi connectivity index (χ3n) is 7.28. The summed E-state index contributed by atoms with van der Waals surface area (Å²) in [6.07, 6.45) is 1.29. The van der Waals surface area contributed by atoms with Gasteiger partial charge in [-0.1, -0.05) is 30.3 Å². The number of alkyl halides is 2. The zero-order chi connectivity index (χ0) is 26.9. The summed E-state index contributed by atoms with van der Waals surface area (Å²) in [4.78, 5) is 7.47. The second-order valence-corrected chi connectivity index (χ2v) is 10.5. The van der Waals surface area contributed by atoms with Crippen molar-refractivity contribution in [3.05, 3.63) is 89.0 Å². The fourth-order valence-electron chi connectivity index (χ4n) is 5.33. The summed E-state index contributed by atoms with van der Waals surface area (Å²) in [5.74, 6) is 2.92. The lowest BCUT2D eigenvalue weighted by Crippen LogP contribution is -2.47. The molecule has 4 rings (SSSR count). The fourth-order valence-corrected chi connectivity index (χ4v) is 5.74. The molecule has 0 amide bonds. The molecule has 0 bridgehead atoms. The first-order valence-corrected chi connectivity index (χ1v) is 14.3. The molecule has 1 saturated heterocycles. The standard InChI is InChI=1S/C31H39Cl2N3O2/c1-24-21-27(34(19-15-32)20-16-33)9-14-30(24)31-35(22-25-5-10-28(37-2)11-6-25)17-4-18-36(31)23-26-7-12-29(38-3)13-8-26/h5-14,21,31H,4,15-20,22-23H2,1-3H3. The van der Waals surface area contributed by atoms with Gasteiger partial charge in [0.05, 0.1) is 20.4 Å². The average Bonchev–Trinajstić information content (AvgIpc) is 2.94. The van der Waals surface area contributed by atoms with Crippen molar-refractivity contribution in [1.82, 2.24) is 9.80 Å². The van der Waals surface area contributed by atoms with Gasteiger partial charge < -0.3 is 14.4 Å². The van der Waals surface area contributed by atoms with E-state index >= 15 is 0 Å². The van der Waals surface area contributed by atoms with E-state index in [1.165, 1.54) is 27.9 Å². The summed E-state index contributed by atoms with van der Waals surface area (Å²) in [7, 11) is 3.42. The molecular formula is C31H39Cl2N3O2. The van der Waals surface area contributed by atoms with Crippen LogP contribution in [-0.4, -0.2) is 62.0 Å². The van der Waals surface area contributed by atoms with E-state index in [1.807, 2.05) is 24.3 Å². The fraction of sp³-hybridized carbons (Fsp3) is 0.419. The van der Waals surface area contributed by atoms with Gasteiger partial charge >= 0.3 is 0 Å². The van der Waals surface area contributed by atoms with E-state index in [0.29, 0.717) is 11.8 Å². The SMILES string of the molecule is COc1ccc(CN2CCCN(Cc3ccc(OC)cc3)C2c2ccc(N(CCCl)CCCl)cc2C)cc1. The number of benzene rings is 3. The average molecular weight is 557 g/mol. The van der Waals surface area contributed by atoms with Gasteiger partial charge in [-0.3, -0.25) is 9.80 Å². The Labute approximate surface area is 237 Å². The van der Waals surface area contributed by atoms with Gasteiger partial charge in [-0.05, 0) is 72.0 Å². The Morgan fingerprint density at radius 1 is 0.763 bits per heavy atom. The van der Waals surface area contributed by atoms with Crippen molar-refractivity contribution in [3.63, 3.8) is 0 Å². The lowest BCUT2D eigenvalue weighted by molar-refractivity contribution is -0.00945. The van der Waals surface area contributed by atoms with Crippen molar-refractivity contribution >= 4 is 28.9 Å². The van der Waals surface area contributed by atoms with Gasteiger partial charge in [-0.2, -0.15) is 0 Å². The van der Waals surface area contributed by atoms with Crippen LogP contribution >= 0.6 is 23.2 Å². The van der Waals surface area contributed by atoms with Crippen molar-refractivity contribution < 1.29 is 9.47 Å². The minimum atomic E-state index is 0.163. The van der Waals surface area contributed by atoms with Crippen molar-refractivity contribution in [1.29, 1.82) is 0 Å². The molecule has 0 atom stereocenters. The van der Waals surface area contributed by atoms with Crippen LogP contribution in [0.5, 0.6) is 11.5 Å². The zero-order valence-corrected chi connectivity index (χ0v) is 24.2. The number of rotatable bonds is 12. The minimum Gasteiger partial charge on any atom is -0.497 e. The van der Waals surface area contributed by atoms with Crippen molar-refractivity contribution in [3.8, 4) is 11.5 Å². The number of hydrogen-bond acceptors (Lipinski definition) is 5. The van der Waals surface area contributed by atoms with Crippen molar-refractivity contribution in [2.24, 2.45) is 0 Å². The Bertz CT molecular complexity index is 1080. The highest BCUT2D eigenvalue weighted by atomic mass is 35.5. The quantitative estimate of drug-likeness (QED) is 0.232. The highest BCUT2D eigenvalue weighted by Gasteiger charge is 2.32. The van der Waals surface area contributed by atoms with E-state index in [1.54, 1.807) is 14.2 Å². The van der Waals surface area contributed by atoms with E-state index in [9.17, 15) is 0 Å². The molecule has 3 aromatic rings. The lowest BCUT2D eigenvalue weighted by Gasteiger charge is -2.45. The van der Waals surface area contributed by atoms with Crippen LogP contribution in [0.4, 0.5) is 5.69 Å². The van der Waals surface area contributed by atoms with Gasteiger partial charge in [-0.25, -0.2) is 0 Å². The maximum atomic E-state index is 6.09. The monoisotopic (exact) mass is 555 g/mol. The third-order valence-corrected chi connectivity index (χ3v) is 7.62. The number of nitrogens with zero attached hydrogens (tertiary/aromatic N) is 3. The van der Waals surface area contributed by atoms with Crippen LogP contribution in [0.25, 0.3) is 0 Å². The van der Waals surface area contributed by atoms with Crippen LogP contribution in [0.15, 0.2) is 66.7 Å². The molecule has 0 spiro atoms. The molecule has 7 heteroatoms. The summed E-state index contributed by atoms with van der Waals surface area (Å²) < 4.78 is 10.8. The van der Waals surface area contributed by atoms with Gasteiger partial charge in [0, 0.05) is 56.7 Å². The molecule has 0 aromatic heterocycles. The van der Waals surface area contributed by atoms with Crippen molar-refractivity contribution in [2.45, 2.75) is 32.6 Å². The maximum absolute atomic E-state index is 6.09. The van der Waals surface area contributed by atoms with Gasteiger partial charge in [0.15, 0.2) is 0 Å². The molecule has 0 radical (unpaired) electrons. The second-order valence-electron chi connectivity index (χ2n) is 9.77. The third kappa shape index (κ3) is 7.15. The van der Waals surface area contributed by atoms with Gasteiger partial charge in [0.2, 0.25) is 0 Å². The van der Waals surface area contributed by atoms with E-state index in [0.717, 1.165) is 57.2 Å². The molecule has 0 saturated carbocycles. The van der Waals surface area contributed by atoms with Crippen LogP contribution in [0.3, 0.4) is 0 Å². The van der Waals surface area contributed by atoms with E-state index in [4.69, 9.17) is 32.7 Å². The van der Waals surface area contributed by atoms with Crippen molar-refractivity contribution in [2.75, 3.05) is 57.1 Å². The normalized spacial score (nSPS) is 15.0. The maximum Gasteiger partial charge on any atom is 0.118 e. The van der Waals surface area contributed by atoms with Crippen LogP contribution in [0.1, 0.15) is 34.8 Å². The molecule has 1 aliphatic rings. The number of anilines is 1. The summed E-state index contributed by atoms with van der Waals surface area (Å²) in [5.41, 5.74) is 6.36. The topological polar surface area (TPSA) is 28.2 Å². The lowest BCUT2D eigenvalue weighted by atomic mass is 9.99. The predicted molar refractivity (Wildman–Crippen MR) is 159 cm³/mol. The molecule has 3 aromatic carbocycles. The van der Waals surface area contributed by atoms with E-state index < -0.39 is 0 Å². The van der Waals surface area contributed by atoms with Crippen LogP contribution in [0.2, 0.25) is 0 Å². The van der Waals surface area contributed by atoms with E-state index in [-0.39, 0.29) is 6.17 Å². The Balaban J connectivity index is 1.66. The Morgan fingerprint density at radius 2 is 1.26 bits per heavy atom. The molecule has 1 aliphatic heterocycles. The molecule has 1 heterocycles. The number of ether oxygens (including phenoxy) is 2. The van der Waals surface area contributed by atoms with Gasteiger partial charge in [0.25, 0.3) is 0 Å². The largest absolute Gasteiger partial charge is 0.497 e. The molecule has 204 valence electrons. The molecule has 1 fully saturated rings. The Hall–Kier alpha value is -2.44. The van der Waals surface area contributed by atoms with Crippen LogP contribution in [0, 0.1) is 6.92 Å². The molecule has 38 heavy (non-hydrogen) atoms. The summed E-state index contributed by atoms with van der Waals surface area (Å²) in [6, 6.07) is 23.7. The molecule has 0 N–H and O–H groups in total. The smallest absolute Gasteiger partial charge is 0.118 e. The number of halogens is 2.